The Morgan fingerprint density at radius 1 is 1.21 bits per heavy atom. The SMILES string of the molecule is CC1CN(C(=O)c2ccc(CCl)cc2)CC(C)N1C. The fourth-order valence-corrected chi connectivity index (χ4v) is 2.67. The van der Waals surface area contributed by atoms with Gasteiger partial charge in [-0.25, -0.2) is 0 Å². The van der Waals surface area contributed by atoms with E-state index in [1.54, 1.807) is 0 Å². The Morgan fingerprint density at radius 2 is 1.74 bits per heavy atom. The summed E-state index contributed by atoms with van der Waals surface area (Å²) in [7, 11) is 2.12. The molecule has 3 nitrogen and oxygen atoms in total. The van der Waals surface area contributed by atoms with Crippen molar-refractivity contribution in [3.05, 3.63) is 35.4 Å². The zero-order valence-electron chi connectivity index (χ0n) is 11.8. The first kappa shape index (κ1) is 14.4. The highest BCUT2D eigenvalue weighted by atomic mass is 35.5. The van der Waals surface area contributed by atoms with E-state index in [1.165, 1.54) is 0 Å². The second-order valence-electron chi connectivity index (χ2n) is 5.40. The molecule has 0 radical (unpaired) electrons. The van der Waals surface area contributed by atoms with Crippen molar-refractivity contribution in [3.63, 3.8) is 0 Å². The van der Waals surface area contributed by atoms with E-state index in [9.17, 15) is 4.79 Å². The maximum absolute atomic E-state index is 12.5. The Hall–Kier alpha value is -1.06. The Labute approximate surface area is 120 Å². The molecule has 2 rings (SSSR count). The first-order valence-electron chi connectivity index (χ1n) is 6.69. The van der Waals surface area contributed by atoms with E-state index in [0.717, 1.165) is 24.2 Å². The second kappa shape index (κ2) is 5.93. The third kappa shape index (κ3) is 3.10. The summed E-state index contributed by atoms with van der Waals surface area (Å²) in [5, 5.41) is 0. The summed E-state index contributed by atoms with van der Waals surface area (Å²) >= 11 is 5.76. The zero-order chi connectivity index (χ0) is 14.0. The lowest BCUT2D eigenvalue weighted by Crippen LogP contribution is -2.56. The lowest BCUT2D eigenvalue weighted by Gasteiger charge is -2.42. The highest BCUT2D eigenvalue weighted by Crippen LogP contribution is 2.16. The summed E-state index contributed by atoms with van der Waals surface area (Å²) < 4.78 is 0. The van der Waals surface area contributed by atoms with Gasteiger partial charge in [-0.1, -0.05) is 12.1 Å². The van der Waals surface area contributed by atoms with Crippen LogP contribution in [-0.2, 0) is 5.88 Å². The van der Waals surface area contributed by atoms with Crippen molar-refractivity contribution >= 4 is 17.5 Å². The quantitative estimate of drug-likeness (QED) is 0.778. The molecule has 1 saturated heterocycles. The molecule has 0 aliphatic carbocycles. The number of benzene rings is 1. The van der Waals surface area contributed by atoms with E-state index in [4.69, 9.17) is 11.6 Å². The van der Waals surface area contributed by atoms with E-state index >= 15 is 0 Å². The van der Waals surface area contributed by atoms with Crippen LogP contribution in [-0.4, -0.2) is 47.9 Å². The second-order valence-corrected chi connectivity index (χ2v) is 5.67. The molecular weight excluding hydrogens is 260 g/mol. The van der Waals surface area contributed by atoms with Crippen LogP contribution in [0.3, 0.4) is 0 Å². The molecule has 0 N–H and O–H groups in total. The van der Waals surface area contributed by atoms with Crippen LogP contribution < -0.4 is 0 Å². The number of piperazine rings is 1. The maximum Gasteiger partial charge on any atom is 0.253 e. The Morgan fingerprint density at radius 3 is 2.21 bits per heavy atom. The van der Waals surface area contributed by atoms with E-state index in [1.807, 2.05) is 29.2 Å². The number of rotatable bonds is 2. The summed E-state index contributed by atoms with van der Waals surface area (Å²) in [4.78, 5) is 16.7. The van der Waals surface area contributed by atoms with Crippen LogP contribution in [0.1, 0.15) is 29.8 Å². The minimum atomic E-state index is 0.118. The lowest BCUT2D eigenvalue weighted by atomic mass is 10.1. The third-order valence-electron chi connectivity index (χ3n) is 4.00. The number of alkyl halides is 1. The average molecular weight is 281 g/mol. The zero-order valence-corrected chi connectivity index (χ0v) is 12.5. The van der Waals surface area contributed by atoms with Crippen molar-refractivity contribution in [1.82, 2.24) is 9.80 Å². The van der Waals surface area contributed by atoms with Gasteiger partial charge in [0.25, 0.3) is 5.91 Å². The van der Waals surface area contributed by atoms with Crippen LogP contribution in [0, 0.1) is 0 Å². The minimum absolute atomic E-state index is 0.118. The Kier molecular flexibility index (Phi) is 4.48. The fourth-order valence-electron chi connectivity index (χ4n) is 2.49. The molecular formula is C15H21ClN2O. The van der Waals surface area contributed by atoms with Crippen LogP contribution >= 0.6 is 11.6 Å². The van der Waals surface area contributed by atoms with Crippen LogP contribution in [0.15, 0.2) is 24.3 Å². The number of nitrogens with zero attached hydrogens (tertiary/aromatic N) is 2. The van der Waals surface area contributed by atoms with E-state index in [2.05, 4.69) is 25.8 Å². The largest absolute Gasteiger partial charge is 0.336 e. The summed E-state index contributed by atoms with van der Waals surface area (Å²) in [6.45, 7) is 5.90. The maximum atomic E-state index is 12.5. The van der Waals surface area contributed by atoms with Gasteiger partial charge < -0.3 is 4.90 Å². The Balaban J connectivity index is 2.10. The molecule has 0 aromatic heterocycles. The number of amides is 1. The normalized spacial score (nSPS) is 24.5. The smallest absolute Gasteiger partial charge is 0.253 e. The van der Waals surface area contributed by atoms with Gasteiger partial charge >= 0.3 is 0 Å². The molecule has 1 aromatic rings. The minimum Gasteiger partial charge on any atom is -0.336 e. The van der Waals surface area contributed by atoms with Gasteiger partial charge in [0.15, 0.2) is 0 Å². The molecule has 0 spiro atoms. The molecule has 1 amide bonds. The van der Waals surface area contributed by atoms with Gasteiger partial charge in [-0.2, -0.15) is 0 Å². The highest BCUT2D eigenvalue weighted by Gasteiger charge is 2.29. The Bertz CT molecular complexity index is 434. The molecule has 4 heteroatoms. The number of halogens is 1. The lowest BCUT2D eigenvalue weighted by molar-refractivity contribution is 0.0414. The number of carbonyl (C=O) groups excluding carboxylic acids is 1. The van der Waals surface area contributed by atoms with Crippen molar-refractivity contribution in [2.24, 2.45) is 0 Å². The van der Waals surface area contributed by atoms with E-state index < -0.39 is 0 Å². The summed E-state index contributed by atoms with van der Waals surface area (Å²) in [5.74, 6) is 0.602. The van der Waals surface area contributed by atoms with Crippen molar-refractivity contribution in [1.29, 1.82) is 0 Å². The summed E-state index contributed by atoms with van der Waals surface area (Å²) in [6.07, 6.45) is 0. The number of hydrogen-bond donors (Lipinski definition) is 0. The molecule has 19 heavy (non-hydrogen) atoms. The van der Waals surface area contributed by atoms with E-state index in [0.29, 0.717) is 18.0 Å². The van der Waals surface area contributed by atoms with Gasteiger partial charge in [-0.3, -0.25) is 9.69 Å². The van der Waals surface area contributed by atoms with Crippen molar-refractivity contribution in [3.8, 4) is 0 Å². The van der Waals surface area contributed by atoms with Gasteiger partial charge in [0.05, 0.1) is 0 Å². The van der Waals surface area contributed by atoms with Crippen LogP contribution in [0.25, 0.3) is 0 Å². The average Bonchev–Trinajstić information content (AvgIpc) is 2.43. The first-order valence-corrected chi connectivity index (χ1v) is 7.22. The van der Waals surface area contributed by atoms with Gasteiger partial charge in [0.2, 0.25) is 0 Å². The van der Waals surface area contributed by atoms with Gasteiger partial charge in [-0.15, -0.1) is 11.6 Å². The van der Waals surface area contributed by atoms with Crippen LogP contribution in [0.2, 0.25) is 0 Å². The summed E-state index contributed by atoms with van der Waals surface area (Å²) in [5.41, 5.74) is 1.79. The van der Waals surface area contributed by atoms with E-state index in [-0.39, 0.29) is 5.91 Å². The molecule has 0 bridgehead atoms. The molecule has 0 saturated carbocycles. The topological polar surface area (TPSA) is 23.6 Å². The number of carbonyl (C=O) groups is 1. The van der Waals surface area contributed by atoms with Crippen molar-refractivity contribution in [2.75, 3.05) is 20.1 Å². The van der Waals surface area contributed by atoms with Gasteiger partial charge in [0.1, 0.15) is 0 Å². The monoisotopic (exact) mass is 280 g/mol. The fraction of sp³-hybridized carbons (Fsp3) is 0.533. The number of likely N-dealkylation sites (N-methyl/N-ethyl adjacent to an activating group) is 1. The van der Waals surface area contributed by atoms with Crippen LogP contribution in [0.5, 0.6) is 0 Å². The van der Waals surface area contributed by atoms with Crippen molar-refractivity contribution in [2.45, 2.75) is 31.8 Å². The standard InChI is InChI=1S/C15H21ClN2O/c1-11-9-18(10-12(2)17(11)3)15(19)14-6-4-13(8-16)5-7-14/h4-7,11-12H,8-10H2,1-3H3. The van der Waals surface area contributed by atoms with Gasteiger partial charge in [0, 0.05) is 36.6 Å². The molecule has 2 unspecified atom stereocenters. The molecule has 1 fully saturated rings. The highest BCUT2D eigenvalue weighted by molar-refractivity contribution is 6.17. The molecule has 1 aliphatic heterocycles. The third-order valence-corrected chi connectivity index (χ3v) is 4.31. The molecule has 1 aliphatic rings. The number of hydrogen-bond acceptors (Lipinski definition) is 2. The first-order chi connectivity index (χ1) is 9.02. The molecule has 2 atom stereocenters. The summed E-state index contributed by atoms with van der Waals surface area (Å²) in [6, 6.07) is 8.37. The molecule has 1 heterocycles. The van der Waals surface area contributed by atoms with Crippen LogP contribution in [0.4, 0.5) is 0 Å². The van der Waals surface area contributed by atoms with Crippen molar-refractivity contribution < 1.29 is 4.79 Å². The molecule has 104 valence electrons. The predicted octanol–water partition coefficient (Wildman–Crippen LogP) is 2.59. The molecule has 1 aromatic carbocycles. The van der Waals surface area contributed by atoms with Gasteiger partial charge in [-0.05, 0) is 38.6 Å². The predicted molar refractivity (Wildman–Crippen MR) is 78.6 cm³/mol.